The van der Waals surface area contributed by atoms with Crippen molar-refractivity contribution in [2.24, 2.45) is 0 Å². The summed E-state index contributed by atoms with van der Waals surface area (Å²) in [4.78, 5) is 14.5. The number of amides is 1. The van der Waals surface area contributed by atoms with Crippen molar-refractivity contribution in [2.45, 2.75) is 12.8 Å². The molecule has 142 valence electrons. The molecule has 0 bridgehead atoms. The predicted octanol–water partition coefficient (Wildman–Crippen LogP) is 5.85. The third kappa shape index (κ3) is 4.29. The molecule has 2 aromatic carbocycles. The topological polar surface area (TPSA) is 45.5 Å². The summed E-state index contributed by atoms with van der Waals surface area (Å²) in [6.07, 6.45) is 5.49. The number of anilines is 2. The van der Waals surface area contributed by atoms with Crippen molar-refractivity contribution in [2.75, 3.05) is 23.3 Å². The molecule has 1 aliphatic rings. The van der Waals surface area contributed by atoms with Crippen molar-refractivity contribution in [3.05, 3.63) is 77.5 Å². The van der Waals surface area contributed by atoms with Gasteiger partial charge in [0.25, 0.3) is 0 Å². The van der Waals surface area contributed by atoms with Gasteiger partial charge in [-0.05, 0) is 49.2 Å². The molecule has 1 fully saturated rings. The number of benzene rings is 2. The highest BCUT2D eigenvalue weighted by atomic mass is 35.5. The molecule has 1 N–H and O–H groups in total. The Hall–Kier alpha value is -2.98. The van der Waals surface area contributed by atoms with Crippen LogP contribution in [0.2, 0.25) is 5.02 Å². The number of nitrogens with zero attached hydrogens (tertiary/aromatic N) is 1. The third-order valence-electron chi connectivity index (χ3n) is 4.75. The van der Waals surface area contributed by atoms with Crippen LogP contribution < -0.4 is 10.2 Å². The minimum Gasteiger partial charge on any atom is -0.457 e. The number of halogens is 1. The van der Waals surface area contributed by atoms with Gasteiger partial charge in [-0.2, -0.15) is 0 Å². The summed E-state index contributed by atoms with van der Waals surface area (Å²) >= 11 is 6.40. The molecule has 0 radical (unpaired) electrons. The highest BCUT2D eigenvalue weighted by molar-refractivity contribution is 6.33. The minimum absolute atomic E-state index is 0.234. The van der Waals surface area contributed by atoms with E-state index in [9.17, 15) is 4.79 Å². The first-order chi connectivity index (χ1) is 13.7. The van der Waals surface area contributed by atoms with Crippen LogP contribution in [0, 0.1) is 0 Å². The lowest BCUT2D eigenvalue weighted by molar-refractivity contribution is -0.111. The van der Waals surface area contributed by atoms with Gasteiger partial charge in [-0.3, -0.25) is 4.79 Å². The third-order valence-corrected chi connectivity index (χ3v) is 5.05. The second kappa shape index (κ2) is 8.36. The summed E-state index contributed by atoms with van der Waals surface area (Å²) in [7, 11) is 0. The molecule has 4 rings (SSSR count). The van der Waals surface area contributed by atoms with Gasteiger partial charge in [0, 0.05) is 30.4 Å². The largest absolute Gasteiger partial charge is 0.457 e. The van der Waals surface area contributed by atoms with Crippen LogP contribution in [-0.4, -0.2) is 19.0 Å². The van der Waals surface area contributed by atoms with Gasteiger partial charge in [-0.25, -0.2) is 0 Å². The van der Waals surface area contributed by atoms with Crippen molar-refractivity contribution in [1.29, 1.82) is 0 Å². The lowest BCUT2D eigenvalue weighted by Gasteiger charge is -2.19. The number of rotatable bonds is 5. The standard InChI is InChI=1S/C23H21ClN2O2/c24-20-16-18(8-11-21(20)26-14-4-5-15-26)25-23(27)13-10-19-9-12-22(28-19)17-6-2-1-3-7-17/h1-3,6-13,16H,4-5,14-15H2,(H,25,27)/b13-10+. The highest BCUT2D eigenvalue weighted by Gasteiger charge is 2.15. The molecule has 0 aliphatic carbocycles. The molecule has 5 heteroatoms. The quantitative estimate of drug-likeness (QED) is 0.554. The molecule has 2 heterocycles. The zero-order valence-corrected chi connectivity index (χ0v) is 16.2. The smallest absolute Gasteiger partial charge is 0.248 e. The first-order valence-electron chi connectivity index (χ1n) is 9.38. The second-order valence-corrected chi connectivity index (χ2v) is 7.16. The van der Waals surface area contributed by atoms with E-state index in [-0.39, 0.29) is 5.91 Å². The lowest BCUT2D eigenvalue weighted by Crippen LogP contribution is -2.18. The van der Waals surface area contributed by atoms with Gasteiger partial charge in [0.05, 0.1) is 10.7 Å². The molecular weight excluding hydrogens is 372 g/mol. The van der Waals surface area contributed by atoms with Gasteiger partial charge in [-0.15, -0.1) is 0 Å². The summed E-state index contributed by atoms with van der Waals surface area (Å²) in [6.45, 7) is 2.06. The molecule has 0 atom stereocenters. The Kier molecular flexibility index (Phi) is 5.49. The average Bonchev–Trinajstić information content (AvgIpc) is 3.39. The summed E-state index contributed by atoms with van der Waals surface area (Å²) in [5.41, 5.74) is 2.70. The van der Waals surface area contributed by atoms with E-state index in [1.807, 2.05) is 54.6 Å². The number of carbonyl (C=O) groups excluding carboxylic acids is 1. The number of carbonyl (C=O) groups is 1. The van der Waals surface area contributed by atoms with Crippen LogP contribution in [0.25, 0.3) is 17.4 Å². The Balaban J connectivity index is 1.39. The molecule has 1 saturated heterocycles. The Morgan fingerprint density at radius 3 is 2.57 bits per heavy atom. The molecule has 4 nitrogen and oxygen atoms in total. The van der Waals surface area contributed by atoms with Crippen molar-refractivity contribution in [3.63, 3.8) is 0 Å². The molecule has 0 unspecified atom stereocenters. The number of nitrogens with one attached hydrogen (secondary N) is 1. The second-order valence-electron chi connectivity index (χ2n) is 6.75. The molecule has 0 spiro atoms. The monoisotopic (exact) mass is 392 g/mol. The number of hydrogen-bond acceptors (Lipinski definition) is 3. The zero-order valence-electron chi connectivity index (χ0n) is 15.4. The first-order valence-corrected chi connectivity index (χ1v) is 9.76. The van der Waals surface area contributed by atoms with Crippen molar-refractivity contribution >= 4 is 35.0 Å². The van der Waals surface area contributed by atoms with Crippen LogP contribution in [0.3, 0.4) is 0 Å². The zero-order chi connectivity index (χ0) is 19.3. The van der Waals surface area contributed by atoms with Gasteiger partial charge >= 0.3 is 0 Å². The van der Waals surface area contributed by atoms with E-state index in [0.29, 0.717) is 16.5 Å². The minimum atomic E-state index is -0.234. The van der Waals surface area contributed by atoms with E-state index in [0.717, 1.165) is 30.1 Å². The average molecular weight is 393 g/mol. The van der Waals surface area contributed by atoms with Crippen LogP contribution in [0.5, 0.6) is 0 Å². The summed E-state index contributed by atoms with van der Waals surface area (Å²) in [6, 6.07) is 19.2. The van der Waals surface area contributed by atoms with Gasteiger partial charge in [0.15, 0.2) is 0 Å². The predicted molar refractivity (Wildman–Crippen MR) is 115 cm³/mol. The van der Waals surface area contributed by atoms with E-state index >= 15 is 0 Å². The van der Waals surface area contributed by atoms with Crippen LogP contribution in [0.15, 0.2) is 71.2 Å². The SMILES string of the molecule is O=C(/C=C/c1ccc(-c2ccccc2)o1)Nc1ccc(N2CCCC2)c(Cl)c1. The molecular formula is C23H21ClN2O2. The fourth-order valence-electron chi connectivity index (χ4n) is 3.34. The van der Waals surface area contributed by atoms with Crippen molar-refractivity contribution in [1.82, 2.24) is 0 Å². The normalized spacial score (nSPS) is 14.0. The van der Waals surface area contributed by atoms with Crippen molar-refractivity contribution in [3.8, 4) is 11.3 Å². The summed E-state index contributed by atoms with van der Waals surface area (Å²) in [5, 5.41) is 3.49. The van der Waals surface area contributed by atoms with Gasteiger partial charge in [-0.1, -0.05) is 41.9 Å². The van der Waals surface area contributed by atoms with Gasteiger partial charge in [0.2, 0.25) is 5.91 Å². The van der Waals surface area contributed by atoms with E-state index in [4.69, 9.17) is 16.0 Å². The van der Waals surface area contributed by atoms with Crippen LogP contribution in [-0.2, 0) is 4.79 Å². The Morgan fingerprint density at radius 1 is 1.04 bits per heavy atom. The van der Waals surface area contributed by atoms with E-state index in [2.05, 4.69) is 10.2 Å². The van der Waals surface area contributed by atoms with Crippen LogP contribution in [0.4, 0.5) is 11.4 Å². The molecule has 1 aliphatic heterocycles. The molecule has 3 aromatic rings. The first kappa shape index (κ1) is 18.4. The maximum Gasteiger partial charge on any atom is 0.248 e. The molecule has 1 aromatic heterocycles. The molecule has 28 heavy (non-hydrogen) atoms. The maximum absolute atomic E-state index is 12.2. The molecule has 1 amide bonds. The van der Waals surface area contributed by atoms with Crippen LogP contribution in [0.1, 0.15) is 18.6 Å². The number of hydrogen-bond donors (Lipinski definition) is 1. The fraction of sp³-hybridized carbons (Fsp3) is 0.174. The Labute approximate surface area is 169 Å². The van der Waals surface area contributed by atoms with Gasteiger partial charge < -0.3 is 14.6 Å². The Morgan fingerprint density at radius 2 is 1.82 bits per heavy atom. The van der Waals surface area contributed by atoms with Crippen LogP contribution >= 0.6 is 11.6 Å². The van der Waals surface area contributed by atoms with E-state index in [1.165, 1.54) is 18.9 Å². The van der Waals surface area contributed by atoms with E-state index in [1.54, 1.807) is 12.1 Å². The van der Waals surface area contributed by atoms with E-state index < -0.39 is 0 Å². The number of furan rings is 1. The summed E-state index contributed by atoms with van der Waals surface area (Å²) in [5.74, 6) is 1.16. The Bertz CT molecular complexity index is 989. The van der Waals surface area contributed by atoms with Crippen molar-refractivity contribution < 1.29 is 9.21 Å². The maximum atomic E-state index is 12.2. The highest BCUT2D eigenvalue weighted by Crippen LogP contribution is 2.31. The van der Waals surface area contributed by atoms with Gasteiger partial charge in [0.1, 0.15) is 11.5 Å². The fourth-order valence-corrected chi connectivity index (χ4v) is 3.64. The molecule has 0 saturated carbocycles. The lowest BCUT2D eigenvalue weighted by atomic mass is 10.2. The summed E-state index contributed by atoms with van der Waals surface area (Å²) < 4.78 is 5.77.